The molecular weight excluding hydrogens is 453 g/mol. The molecule has 7 heteroatoms. The Labute approximate surface area is 202 Å². The third-order valence-corrected chi connectivity index (χ3v) is 7.18. The molecule has 5 rings (SSSR count). The smallest absolute Gasteiger partial charge is 0.263 e. The number of hydrogen-bond acceptors (Lipinski definition) is 4. The van der Waals surface area contributed by atoms with Crippen LogP contribution in [0, 0.1) is 12.7 Å². The molecule has 0 amide bonds. The molecule has 0 spiro atoms. The second kappa shape index (κ2) is 9.06. The number of hydrogen-bond donors (Lipinski definition) is 0. The number of piperazine rings is 1. The first kappa shape index (κ1) is 23.5. The van der Waals surface area contributed by atoms with Gasteiger partial charge in [-0.25, -0.2) is 13.2 Å². The standard InChI is InChI=1S/C28H25F3N2O2/c1-18-9-10-22(29)16-20(18)17-32-11-13-33(14-12-32)28(21-6-4-5-19(15-21)27(30)31)25(34)23-7-2-3-8-24(23)26(28)35/h2-10,15-16,27H,11-14,17H2,1H3. The zero-order chi connectivity index (χ0) is 24.7. The van der Waals surface area contributed by atoms with Crippen LogP contribution in [0.4, 0.5) is 13.2 Å². The van der Waals surface area contributed by atoms with Crippen molar-refractivity contribution in [3.63, 3.8) is 0 Å². The summed E-state index contributed by atoms with van der Waals surface area (Å²) in [4.78, 5) is 31.7. The van der Waals surface area contributed by atoms with E-state index in [1.807, 2.05) is 11.8 Å². The van der Waals surface area contributed by atoms with Gasteiger partial charge < -0.3 is 0 Å². The maximum Gasteiger partial charge on any atom is 0.263 e. The van der Waals surface area contributed by atoms with Gasteiger partial charge in [-0.15, -0.1) is 0 Å². The van der Waals surface area contributed by atoms with E-state index in [9.17, 15) is 22.8 Å². The molecule has 0 radical (unpaired) electrons. The zero-order valence-electron chi connectivity index (χ0n) is 19.3. The number of carbonyl (C=O) groups excluding carboxylic acids is 2. The topological polar surface area (TPSA) is 40.6 Å². The summed E-state index contributed by atoms with van der Waals surface area (Å²) in [6, 6.07) is 17.0. The van der Waals surface area contributed by atoms with Crippen molar-refractivity contribution in [3.8, 4) is 0 Å². The number of rotatable bonds is 5. The van der Waals surface area contributed by atoms with Crippen LogP contribution in [-0.2, 0) is 12.1 Å². The summed E-state index contributed by atoms with van der Waals surface area (Å²) >= 11 is 0. The Kier molecular flexibility index (Phi) is 6.07. The molecular formula is C28H25F3N2O2. The molecule has 1 heterocycles. The first-order valence-electron chi connectivity index (χ1n) is 11.6. The lowest BCUT2D eigenvalue weighted by Crippen LogP contribution is -2.60. The van der Waals surface area contributed by atoms with E-state index >= 15 is 0 Å². The Hall–Kier alpha value is -3.29. The maximum absolute atomic E-state index is 13.9. The van der Waals surface area contributed by atoms with Crippen LogP contribution in [0.1, 0.15) is 49.4 Å². The van der Waals surface area contributed by atoms with E-state index in [1.54, 1.807) is 36.4 Å². The molecule has 180 valence electrons. The number of nitrogens with zero attached hydrogens (tertiary/aromatic N) is 2. The molecule has 1 aliphatic carbocycles. The highest BCUT2D eigenvalue weighted by atomic mass is 19.3. The van der Waals surface area contributed by atoms with Crippen molar-refractivity contribution < 1.29 is 22.8 Å². The highest BCUT2D eigenvalue weighted by Crippen LogP contribution is 2.43. The molecule has 3 aromatic rings. The molecule has 3 aromatic carbocycles. The van der Waals surface area contributed by atoms with Crippen molar-refractivity contribution in [2.24, 2.45) is 0 Å². The van der Waals surface area contributed by atoms with Crippen LogP contribution in [0.5, 0.6) is 0 Å². The number of aryl methyl sites for hydroxylation is 1. The summed E-state index contributed by atoms with van der Waals surface area (Å²) in [6.45, 7) is 4.35. The van der Waals surface area contributed by atoms with Crippen LogP contribution in [0.3, 0.4) is 0 Å². The van der Waals surface area contributed by atoms with Crippen molar-refractivity contribution in [1.29, 1.82) is 0 Å². The van der Waals surface area contributed by atoms with Gasteiger partial charge in [-0.05, 0) is 41.8 Å². The van der Waals surface area contributed by atoms with Crippen LogP contribution < -0.4 is 0 Å². The van der Waals surface area contributed by atoms with Crippen LogP contribution in [0.25, 0.3) is 0 Å². The average Bonchev–Trinajstić information content (AvgIpc) is 3.09. The Morgan fingerprint density at radius 2 is 1.51 bits per heavy atom. The fourth-order valence-electron chi connectivity index (χ4n) is 5.30. The third-order valence-electron chi connectivity index (χ3n) is 7.18. The lowest BCUT2D eigenvalue weighted by Gasteiger charge is -2.44. The average molecular weight is 479 g/mol. The quantitative estimate of drug-likeness (QED) is 0.475. The normalized spacial score (nSPS) is 18.3. The minimum absolute atomic E-state index is 0.223. The molecule has 0 N–H and O–H groups in total. The van der Waals surface area contributed by atoms with Gasteiger partial charge in [0.05, 0.1) is 0 Å². The number of Topliss-reactive ketones (excluding diaryl/α,β-unsaturated/α-hetero) is 2. The van der Waals surface area contributed by atoms with Crippen molar-refractivity contribution in [3.05, 3.63) is 106 Å². The molecule has 1 saturated heterocycles. The number of alkyl halides is 2. The number of benzene rings is 3. The summed E-state index contributed by atoms with van der Waals surface area (Å²) in [6.07, 6.45) is -2.72. The Morgan fingerprint density at radius 1 is 0.857 bits per heavy atom. The van der Waals surface area contributed by atoms with Crippen molar-refractivity contribution in [1.82, 2.24) is 9.80 Å². The Bertz CT molecular complexity index is 1260. The van der Waals surface area contributed by atoms with Crippen molar-refractivity contribution >= 4 is 11.6 Å². The molecule has 35 heavy (non-hydrogen) atoms. The molecule has 0 unspecified atom stereocenters. The molecule has 0 atom stereocenters. The monoisotopic (exact) mass is 478 g/mol. The highest BCUT2D eigenvalue weighted by Gasteiger charge is 2.58. The highest BCUT2D eigenvalue weighted by molar-refractivity contribution is 6.32. The van der Waals surface area contributed by atoms with Gasteiger partial charge >= 0.3 is 0 Å². The SMILES string of the molecule is Cc1ccc(F)cc1CN1CCN(C2(c3cccc(C(F)F)c3)C(=O)c3ccccc3C2=O)CC1. The maximum atomic E-state index is 13.9. The first-order valence-corrected chi connectivity index (χ1v) is 11.6. The van der Waals surface area contributed by atoms with Gasteiger partial charge in [-0.2, -0.15) is 0 Å². The van der Waals surface area contributed by atoms with Gasteiger partial charge in [-0.1, -0.05) is 48.5 Å². The van der Waals surface area contributed by atoms with Crippen molar-refractivity contribution in [2.45, 2.75) is 25.4 Å². The van der Waals surface area contributed by atoms with E-state index in [-0.39, 0.29) is 28.5 Å². The van der Waals surface area contributed by atoms with Gasteiger partial charge in [0.2, 0.25) is 0 Å². The second-order valence-corrected chi connectivity index (χ2v) is 9.17. The Morgan fingerprint density at radius 3 is 2.14 bits per heavy atom. The minimum atomic E-state index is -2.72. The van der Waals surface area contributed by atoms with E-state index in [1.165, 1.54) is 30.3 Å². The first-order chi connectivity index (χ1) is 16.8. The second-order valence-electron chi connectivity index (χ2n) is 9.17. The summed E-state index contributed by atoms with van der Waals surface area (Å²) in [5.74, 6) is -1.04. The molecule has 0 bridgehead atoms. The minimum Gasteiger partial charge on any atom is -0.297 e. The molecule has 0 saturated carbocycles. The van der Waals surface area contributed by atoms with E-state index in [4.69, 9.17) is 0 Å². The molecule has 4 nitrogen and oxygen atoms in total. The molecule has 0 aromatic heterocycles. The number of halogens is 3. The largest absolute Gasteiger partial charge is 0.297 e. The van der Waals surface area contributed by atoms with Gasteiger partial charge in [-0.3, -0.25) is 19.4 Å². The number of ketones is 2. The lowest BCUT2D eigenvalue weighted by atomic mass is 9.81. The fraction of sp³-hybridized carbons (Fsp3) is 0.286. The molecule has 1 aliphatic heterocycles. The fourth-order valence-corrected chi connectivity index (χ4v) is 5.30. The van der Waals surface area contributed by atoms with Crippen LogP contribution >= 0.6 is 0 Å². The van der Waals surface area contributed by atoms with Crippen LogP contribution in [0.15, 0.2) is 66.7 Å². The van der Waals surface area contributed by atoms with Gasteiger partial charge in [0.15, 0.2) is 17.1 Å². The zero-order valence-corrected chi connectivity index (χ0v) is 19.3. The van der Waals surface area contributed by atoms with Crippen LogP contribution in [0.2, 0.25) is 0 Å². The molecule has 2 aliphatic rings. The molecule has 1 fully saturated rings. The van der Waals surface area contributed by atoms with Crippen LogP contribution in [-0.4, -0.2) is 47.5 Å². The summed E-state index contributed by atoms with van der Waals surface area (Å²) in [7, 11) is 0. The van der Waals surface area contributed by atoms with Gasteiger partial charge in [0, 0.05) is 49.4 Å². The summed E-state index contributed by atoms with van der Waals surface area (Å²) in [5, 5.41) is 0. The van der Waals surface area contributed by atoms with Gasteiger partial charge in [0.1, 0.15) is 5.82 Å². The summed E-state index contributed by atoms with van der Waals surface area (Å²) < 4.78 is 40.9. The predicted molar refractivity (Wildman–Crippen MR) is 126 cm³/mol. The van der Waals surface area contributed by atoms with E-state index < -0.39 is 12.0 Å². The predicted octanol–water partition coefficient (Wildman–Crippen LogP) is 5.16. The van der Waals surface area contributed by atoms with E-state index in [0.717, 1.165) is 11.1 Å². The number of carbonyl (C=O) groups is 2. The van der Waals surface area contributed by atoms with Gasteiger partial charge in [0.25, 0.3) is 6.43 Å². The lowest BCUT2D eigenvalue weighted by molar-refractivity contribution is 0.0277. The summed E-state index contributed by atoms with van der Waals surface area (Å²) in [5.41, 5.74) is 0.893. The van der Waals surface area contributed by atoms with Crippen molar-refractivity contribution in [2.75, 3.05) is 26.2 Å². The third kappa shape index (κ3) is 3.89. The van der Waals surface area contributed by atoms with E-state index in [2.05, 4.69) is 4.90 Å². The number of fused-ring (bicyclic) bond motifs is 1. The van der Waals surface area contributed by atoms with E-state index in [0.29, 0.717) is 43.9 Å². The Balaban J connectivity index is 1.49.